The second-order valence-corrected chi connectivity index (χ2v) is 6.68. The van der Waals surface area contributed by atoms with Crippen LogP contribution >= 0.6 is 15.9 Å². The summed E-state index contributed by atoms with van der Waals surface area (Å²) in [4.78, 5) is 0. The number of hydrogen-bond donors (Lipinski definition) is 2. The van der Waals surface area contributed by atoms with Gasteiger partial charge in [0.2, 0.25) is 0 Å². The van der Waals surface area contributed by atoms with Crippen LogP contribution in [0.2, 0.25) is 0 Å². The van der Waals surface area contributed by atoms with Crippen molar-refractivity contribution in [2.75, 3.05) is 7.11 Å². The van der Waals surface area contributed by atoms with Crippen molar-refractivity contribution in [3.05, 3.63) is 22.2 Å². The molecule has 0 atom stereocenters. The Morgan fingerprint density at radius 1 is 1.20 bits per heavy atom. The summed E-state index contributed by atoms with van der Waals surface area (Å²) < 4.78 is 11.7. The Bertz CT molecular complexity index is 483. The van der Waals surface area contributed by atoms with Crippen LogP contribution in [-0.2, 0) is 4.65 Å². The molecule has 1 aromatic carbocycles. The molecular formula is C14H22BBrO4. The first kappa shape index (κ1) is 17.5. The topological polar surface area (TPSA) is 58.9 Å². The lowest BCUT2D eigenvalue weighted by Crippen LogP contribution is -2.53. The van der Waals surface area contributed by atoms with Gasteiger partial charge in [-0.1, -0.05) is 15.9 Å². The lowest BCUT2D eigenvalue weighted by Gasteiger charge is -2.38. The smallest absolute Gasteiger partial charge is 0.493 e. The molecule has 1 aromatic rings. The lowest BCUT2D eigenvalue weighted by atomic mass is 9.74. The van der Waals surface area contributed by atoms with Crippen molar-refractivity contribution >= 4 is 28.5 Å². The number of benzene rings is 1. The van der Waals surface area contributed by atoms with Crippen molar-refractivity contribution < 1.29 is 19.5 Å². The van der Waals surface area contributed by atoms with Gasteiger partial charge in [-0.25, -0.2) is 0 Å². The molecule has 6 heteroatoms. The van der Waals surface area contributed by atoms with Crippen LogP contribution in [0.3, 0.4) is 0 Å². The lowest BCUT2D eigenvalue weighted by molar-refractivity contribution is -0.0983. The first-order valence-corrected chi connectivity index (χ1v) is 7.22. The molecule has 0 aliphatic heterocycles. The zero-order valence-corrected chi connectivity index (χ0v) is 14.4. The minimum Gasteiger partial charge on any atom is -0.497 e. The Balaban J connectivity index is 3.13. The second-order valence-electron chi connectivity index (χ2n) is 5.83. The van der Waals surface area contributed by atoms with Crippen LogP contribution in [0.15, 0.2) is 16.6 Å². The van der Waals surface area contributed by atoms with Gasteiger partial charge in [-0.15, -0.1) is 0 Å². The van der Waals surface area contributed by atoms with Crippen LogP contribution in [0.25, 0.3) is 0 Å². The van der Waals surface area contributed by atoms with E-state index < -0.39 is 18.3 Å². The van der Waals surface area contributed by atoms with Crippen molar-refractivity contribution in [1.82, 2.24) is 0 Å². The van der Waals surface area contributed by atoms with E-state index in [-0.39, 0.29) is 0 Å². The zero-order chi connectivity index (χ0) is 15.7. The summed E-state index contributed by atoms with van der Waals surface area (Å²) >= 11 is 3.41. The molecule has 0 aliphatic carbocycles. The van der Waals surface area contributed by atoms with Crippen molar-refractivity contribution in [2.24, 2.45) is 0 Å². The van der Waals surface area contributed by atoms with Gasteiger partial charge in [0, 0.05) is 9.94 Å². The van der Waals surface area contributed by atoms with Gasteiger partial charge in [-0.05, 0) is 52.3 Å². The predicted molar refractivity (Wildman–Crippen MR) is 84.5 cm³/mol. The highest BCUT2D eigenvalue weighted by atomic mass is 79.9. The molecule has 0 spiro atoms. The molecule has 0 bridgehead atoms. The largest absolute Gasteiger partial charge is 0.497 e. The van der Waals surface area contributed by atoms with E-state index >= 15 is 0 Å². The molecule has 0 unspecified atom stereocenters. The quantitative estimate of drug-likeness (QED) is 0.802. The molecule has 1 rings (SSSR count). The van der Waals surface area contributed by atoms with Gasteiger partial charge >= 0.3 is 7.12 Å². The molecule has 112 valence electrons. The van der Waals surface area contributed by atoms with Crippen LogP contribution in [0.1, 0.15) is 33.3 Å². The first-order chi connectivity index (χ1) is 9.01. The number of rotatable bonds is 5. The van der Waals surface area contributed by atoms with Gasteiger partial charge in [0.15, 0.2) is 0 Å². The molecule has 0 aromatic heterocycles. The van der Waals surface area contributed by atoms with E-state index in [2.05, 4.69) is 15.9 Å². The molecule has 0 fully saturated rings. The normalized spacial score (nSPS) is 12.4. The van der Waals surface area contributed by atoms with E-state index in [0.717, 1.165) is 10.0 Å². The summed E-state index contributed by atoms with van der Waals surface area (Å²) in [6.07, 6.45) is 0. The van der Waals surface area contributed by atoms with Crippen LogP contribution < -0.4 is 10.2 Å². The SMILES string of the molecule is COc1ccc(Br)c(B(O)OC(C)(C)C(C)(C)O)c1C. The van der Waals surface area contributed by atoms with E-state index in [0.29, 0.717) is 11.2 Å². The van der Waals surface area contributed by atoms with Gasteiger partial charge in [0.25, 0.3) is 0 Å². The molecule has 0 radical (unpaired) electrons. The number of ether oxygens (including phenoxy) is 1. The third-order valence-corrected chi connectivity index (χ3v) is 4.45. The summed E-state index contributed by atoms with van der Waals surface area (Å²) in [5.74, 6) is 0.673. The monoisotopic (exact) mass is 344 g/mol. The fourth-order valence-electron chi connectivity index (χ4n) is 1.68. The zero-order valence-electron chi connectivity index (χ0n) is 12.8. The Labute approximate surface area is 129 Å². The fourth-order valence-corrected chi connectivity index (χ4v) is 2.31. The van der Waals surface area contributed by atoms with Gasteiger partial charge in [0.1, 0.15) is 5.75 Å². The highest BCUT2D eigenvalue weighted by Gasteiger charge is 2.40. The van der Waals surface area contributed by atoms with E-state index in [1.165, 1.54) is 0 Å². The molecule has 0 heterocycles. The number of methoxy groups -OCH3 is 1. The van der Waals surface area contributed by atoms with Crippen LogP contribution in [0.4, 0.5) is 0 Å². The molecule has 20 heavy (non-hydrogen) atoms. The average molecular weight is 345 g/mol. The summed E-state index contributed by atoms with van der Waals surface area (Å²) in [7, 11) is 0.412. The second kappa shape index (κ2) is 6.06. The maximum absolute atomic E-state index is 10.4. The van der Waals surface area contributed by atoms with E-state index in [1.54, 1.807) is 40.9 Å². The summed E-state index contributed by atoms with van der Waals surface area (Å²) in [6.45, 7) is 8.61. The van der Waals surface area contributed by atoms with E-state index in [1.807, 2.05) is 13.0 Å². The summed E-state index contributed by atoms with van der Waals surface area (Å²) in [6, 6.07) is 3.61. The fraction of sp³-hybridized carbons (Fsp3) is 0.571. The molecule has 2 N–H and O–H groups in total. The maximum atomic E-state index is 10.4. The van der Waals surface area contributed by atoms with Gasteiger partial charge < -0.3 is 19.5 Å². The van der Waals surface area contributed by atoms with Gasteiger partial charge in [-0.2, -0.15) is 0 Å². The van der Waals surface area contributed by atoms with Gasteiger partial charge in [0.05, 0.1) is 18.3 Å². The summed E-state index contributed by atoms with van der Waals surface area (Å²) in [5.41, 5.74) is -0.614. The maximum Gasteiger partial charge on any atom is 0.493 e. The Morgan fingerprint density at radius 3 is 2.20 bits per heavy atom. The standard InChI is InChI=1S/C14H22BBrO4/c1-9-11(19-6)8-7-10(16)12(9)15(18)20-14(4,5)13(2,3)17/h7-8,17-18H,1-6H3. The predicted octanol–water partition coefficient (Wildman–Crippen LogP) is 2.02. The molecule has 0 amide bonds. The molecule has 0 saturated carbocycles. The average Bonchev–Trinajstić information content (AvgIpc) is 2.27. The number of aliphatic hydroxyl groups is 1. The van der Waals surface area contributed by atoms with Crippen LogP contribution in [0.5, 0.6) is 5.75 Å². The number of halogens is 1. The molecule has 0 saturated heterocycles. The van der Waals surface area contributed by atoms with E-state index in [4.69, 9.17) is 9.39 Å². The van der Waals surface area contributed by atoms with Crippen LogP contribution in [0, 0.1) is 6.92 Å². The highest BCUT2D eigenvalue weighted by molar-refractivity contribution is 9.10. The van der Waals surface area contributed by atoms with Crippen molar-refractivity contribution in [3.63, 3.8) is 0 Å². The summed E-state index contributed by atoms with van der Waals surface area (Å²) in [5, 5.41) is 20.5. The molecule has 0 aliphatic rings. The van der Waals surface area contributed by atoms with Crippen molar-refractivity contribution in [1.29, 1.82) is 0 Å². The molecule has 4 nitrogen and oxygen atoms in total. The van der Waals surface area contributed by atoms with Gasteiger partial charge in [-0.3, -0.25) is 0 Å². The Kier molecular flexibility index (Phi) is 5.30. The number of hydrogen-bond acceptors (Lipinski definition) is 4. The molecular weight excluding hydrogens is 323 g/mol. The Hall–Kier alpha value is -0.555. The van der Waals surface area contributed by atoms with E-state index in [9.17, 15) is 10.1 Å². The van der Waals surface area contributed by atoms with Crippen LogP contribution in [-0.4, -0.2) is 35.6 Å². The third kappa shape index (κ3) is 3.55. The van der Waals surface area contributed by atoms with Crippen molar-refractivity contribution in [3.8, 4) is 5.75 Å². The minimum atomic E-state index is -1.17. The minimum absolute atomic E-state index is 0.599. The Morgan fingerprint density at radius 2 is 1.75 bits per heavy atom. The highest BCUT2D eigenvalue weighted by Crippen LogP contribution is 2.27. The third-order valence-electron chi connectivity index (χ3n) is 3.76. The first-order valence-electron chi connectivity index (χ1n) is 6.42. The van der Waals surface area contributed by atoms with Crippen molar-refractivity contribution in [2.45, 2.75) is 45.8 Å².